The van der Waals surface area contributed by atoms with E-state index in [1.807, 2.05) is 18.2 Å². The Morgan fingerprint density at radius 2 is 1.80 bits per heavy atom. The number of aromatic nitrogens is 3. The van der Waals surface area contributed by atoms with Crippen LogP contribution in [0.25, 0.3) is 32.9 Å². The number of benzene rings is 2. The first kappa shape index (κ1) is 40.3. The van der Waals surface area contributed by atoms with Crippen molar-refractivity contribution in [2.24, 2.45) is 0 Å². The van der Waals surface area contributed by atoms with Gasteiger partial charge in [-0.25, -0.2) is 8.78 Å². The van der Waals surface area contributed by atoms with Crippen molar-refractivity contribution >= 4 is 35.6 Å². The maximum absolute atomic E-state index is 16.2. The third-order valence-corrected chi connectivity index (χ3v) is 18.8. The summed E-state index contributed by atoms with van der Waals surface area (Å²) in [5, 5.41) is 2.21. The van der Waals surface area contributed by atoms with Gasteiger partial charge in [0.25, 0.3) is 0 Å². The molecule has 3 atom stereocenters. The molecule has 4 aromatic rings. The van der Waals surface area contributed by atoms with Crippen LogP contribution in [0.4, 0.5) is 14.6 Å². The number of hydrogen-bond acceptors (Lipinski definition) is 9. The first-order chi connectivity index (χ1) is 26.9. The highest BCUT2D eigenvalue weighted by Crippen LogP contribution is 2.43. The summed E-state index contributed by atoms with van der Waals surface area (Å²) in [6.07, 6.45) is 4.14. The Hall–Kier alpha value is -3.89. The quantitative estimate of drug-likeness (QED) is 0.0841. The average molecular weight is 786 g/mol. The number of rotatable bonds is 11. The molecule has 3 fully saturated rings. The Morgan fingerprint density at radius 1 is 1.02 bits per heavy atom. The summed E-state index contributed by atoms with van der Waals surface area (Å²) in [5.41, 5.74) is 6.79. The minimum atomic E-state index is -2.20. The fraction of sp³-hybridized carbons (Fsp3) is 0.568. The topological polar surface area (TPSA) is 82.1 Å². The van der Waals surface area contributed by atoms with Gasteiger partial charge in [0.15, 0.2) is 6.79 Å². The maximum atomic E-state index is 16.2. The van der Waals surface area contributed by atoms with Crippen molar-refractivity contribution in [1.82, 2.24) is 19.9 Å². The summed E-state index contributed by atoms with van der Waals surface area (Å²) in [4.78, 5) is 19.5. The third kappa shape index (κ3) is 7.60. The zero-order valence-electron chi connectivity index (χ0n) is 34.3. The Bertz CT molecular complexity index is 2100. The predicted octanol–water partition coefficient (Wildman–Crippen LogP) is 9.11. The van der Waals surface area contributed by atoms with Crippen molar-refractivity contribution < 1.29 is 27.7 Å². The van der Waals surface area contributed by atoms with Gasteiger partial charge in [-0.2, -0.15) is 9.97 Å². The lowest BCUT2D eigenvalue weighted by Crippen LogP contribution is -2.43. The molecule has 0 bridgehead atoms. The first-order valence-electron chi connectivity index (χ1n) is 20.3. The molecule has 3 aliphatic heterocycles. The second-order valence-electron chi connectivity index (χ2n) is 16.9. The molecule has 0 radical (unpaired) electrons. The monoisotopic (exact) mass is 785 g/mol. The highest BCUT2D eigenvalue weighted by molar-refractivity contribution is 6.90. The second kappa shape index (κ2) is 16.5. The third-order valence-electron chi connectivity index (χ3n) is 12.6. The molecule has 12 heteroatoms. The van der Waals surface area contributed by atoms with Crippen LogP contribution in [0.5, 0.6) is 11.8 Å². The van der Waals surface area contributed by atoms with Crippen LogP contribution in [0, 0.1) is 17.3 Å². The van der Waals surface area contributed by atoms with Gasteiger partial charge in [0.05, 0.1) is 40.3 Å². The SMILES string of the molecule is COCOc1cc(-c2cc3nc(OC[C@@]45CCCN4C[C@H](F)C5)nc(N4CCCOCC4C)c3cn2)c2c(C#C[Si](C(C)C)(C(C)C)C(C)C)c(F)ccc2c1. The van der Waals surface area contributed by atoms with Crippen LogP contribution < -0.4 is 14.4 Å². The molecule has 56 heavy (non-hydrogen) atoms. The Labute approximate surface area is 331 Å². The Balaban J connectivity index is 1.41. The van der Waals surface area contributed by atoms with Crippen LogP contribution in [-0.2, 0) is 9.47 Å². The van der Waals surface area contributed by atoms with Gasteiger partial charge in [0, 0.05) is 50.4 Å². The number of fused-ring (bicyclic) bond motifs is 3. The Morgan fingerprint density at radius 3 is 2.55 bits per heavy atom. The smallest absolute Gasteiger partial charge is 0.319 e. The molecule has 0 saturated carbocycles. The highest BCUT2D eigenvalue weighted by Gasteiger charge is 2.49. The van der Waals surface area contributed by atoms with Crippen LogP contribution in [-0.4, -0.2) is 99.0 Å². The molecule has 3 aliphatic rings. The number of alkyl halides is 1. The summed E-state index contributed by atoms with van der Waals surface area (Å²) >= 11 is 0. The number of halogens is 2. The van der Waals surface area contributed by atoms with Gasteiger partial charge < -0.3 is 23.8 Å². The second-order valence-corrected chi connectivity index (χ2v) is 22.5. The van der Waals surface area contributed by atoms with E-state index in [9.17, 15) is 4.39 Å². The van der Waals surface area contributed by atoms with Gasteiger partial charge in [-0.3, -0.25) is 9.88 Å². The summed E-state index contributed by atoms with van der Waals surface area (Å²) in [7, 11) is -0.630. The zero-order valence-corrected chi connectivity index (χ0v) is 35.3. The number of pyridine rings is 1. The van der Waals surface area contributed by atoms with E-state index in [1.165, 1.54) is 6.07 Å². The summed E-state index contributed by atoms with van der Waals surface area (Å²) in [6, 6.07) is 9.25. The average Bonchev–Trinajstić information content (AvgIpc) is 3.60. The van der Waals surface area contributed by atoms with Gasteiger partial charge in [-0.1, -0.05) is 53.5 Å². The number of ether oxygens (including phenoxy) is 4. The van der Waals surface area contributed by atoms with Gasteiger partial charge in [-0.05, 0) is 79.0 Å². The van der Waals surface area contributed by atoms with E-state index >= 15 is 4.39 Å². The lowest BCUT2D eigenvalue weighted by Gasteiger charge is -2.38. The van der Waals surface area contributed by atoms with Gasteiger partial charge in [-0.15, -0.1) is 5.54 Å². The maximum Gasteiger partial charge on any atom is 0.319 e. The van der Waals surface area contributed by atoms with Crippen LogP contribution in [0.1, 0.15) is 79.7 Å². The number of methoxy groups -OCH3 is 1. The molecule has 300 valence electrons. The normalized spacial score (nSPS) is 21.9. The molecular formula is C44H57F2N5O4Si. The minimum Gasteiger partial charge on any atom is -0.468 e. The fourth-order valence-electron chi connectivity index (χ4n) is 9.83. The van der Waals surface area contributed by atoms with Crippen molar-refractivity contribution in [3.63, 3.8) is 0 Å². The van der Waals surface area contributed by atoms with E-state index in [1.54, 1.807) is 19.4 Å². The zero-order chi connectivity index (χ0) is 39.8. The summed E-state index contributed by atoms with van der Waals surface area (Å²) < 4.78 is 54.5. The van der Waals surface area contributed by atoms with Crippen molar-refractivity contribution in [2.45, 2.75) is 109 Å². The van der Waals surface area contributed by atoms with Crippen LogP contribution >= 0.6 is 0 Å². The van der Waals surface area contributed by atoms with Gasteiger partial charge >= 0.3 is 6.01 Å². The van der Waals surface area contributed by atoms with Crippen LogP contribution in [0.2, 0.25) is 16.6 Å². The molecule has 9 nitrogen and oxygen atoms in total. The molecule has 0 N–H and O–H groups in total. The summed E-state index contributed by atoms with van der Waals surface area (Å²) in [6.45, 7) is 19.3. The molecule has 7 rings (SSSR count). The van der Waals surface area contributed by atoms with E-state index in [0.717, 1.165) is 48.9 Å². The van der Waals surface area contributed by atoms with Gasteiger partial charge in [0.1, 0.15) is 38.2 Å². The number of anilines is 1. The predicted molar refractivity (Wildman–Crippen MR) is 221 cm³/mol. The molecule has 0 amide bonds. The molecule has 5 heterocycles. The Kier molecular flexibility index (Phi) is 11.9. The van der Waals surface area contributed by atoms with E-state index in [4.69, 9.17) is 33.9 Å². The summed E-state index contributed by atoms with van der Waals surface area (Å²) in [5.74, 6) is 4.34. The molecule has 0 aliphatic carbocycles. The van der Waals surface area contributed by atoms with E-state index in [2.05, 4.69) is 69.7 Å². The number of hydrogen-bond donors (Lipinski definition) is 0. The molecule has 3 saturated heterocycles. The van der Waals surface area contributed by atoms with Crippen LogP contribution in [0.15, 0.2) is 36.5 Å². The van der Waals surface area contributed by atoms with Crippen molar-refractivity contribution in [3.05, 3.63) is 47.9 Å². The van der Waals surface area contributed by atoms with Crippen LogP contribution in [0.3, 0.4) is 0 Å². The lowest BCUT2D eigenvalue weighted by molar-refractivity contribution is 0.0512. The molecule has 2 aromatic carbocycles. The molecular weight excluding hydrogens is 729 g/mol. The van der Waals surface area contributed by atoms with E-state index < -0.39 is 14.2 Å². The molecule has 0 spiro atoms. The minimum absolute atomic E-state index is 0.0479. The molecule has 1 unspecified atom stereocenters. The number of nitrogens with zero attached hydrogens (tertiary/aromatic N) is 5. The molecule has 2 aromatic heterocycles. The van der Waals surface area contributed by atoms with Gasteiger partial charge in [0.2, 0.25) is 0 Å². The lowest BCUT2D eigenvalue weighted by atomic mass is 9.95. The fourth-order valence-corrected chi connectivity index (χ4v) is 15.0. The van der Waals surface area contributed by atoms with Crippen molar-refractivity contribution in [1.29, 1.82) is 0 Å². The van der Waals surface area contributed by atoms with Crippen molar-refractivity contribution in [2.75, 3.05) is 58.3 Å². The van der Waals surface area contributed by atoms with E-state index in [0.29, 0.717) is 82.9 Å². The van der Waals surface area contributed by atoms with E-state index in [-0.39, 0.29) is 30.2 Å². The highest BCUT2D eigenvalue weighted by atomic mass is 28.3. The first-order valence-corrected chi connectivity index (χ1v) is 22.6. The standard InChI is InChI=1S/C44H57F2N5O4Si/c1-28(2)56(29(3)4,30(5)6)18-13-35-38(46)12-11-32-19-34(55-27-52-8)20-36(41(32)35)39-21-40-37(23-47-39)42(51-16-10-17-53-25-31(51)7)49-43(48-40)54-26-44-14-9-15-50(44)24-33(45)22-44/h11-12,19-21,23,28-31,33H,9-10,14-17,22,24-27H2,1-8H3/t31?,33-,44+/m1/s1. The van der Waals surface area contributed by atoms with Crippen molar-refractivity contribution in [3.8, 4) is 34.5 Å². The largest absolute Gasteiger partial charge is 0.468 e.